The summed E-state index contributed by atoms with van der Waals surface area (Å²) < 4.78 is 4.98. The van der Waals surface area contributed by atoms with Gasteiger partial charge in [-0.15, -0.1) is 0 Å². The number of rotatable bonds is 3. The molecule has 0 aliphatic rings. The number of carbonyl (C=O) groups excluding carboxylic acids is 1. The van der Waals surface area contributed by atoms with Crippen LogP contribution in [0.4, 0.5) is 0 Å². The lowest BCUT2D eigenvalue weighted by molar-refractivity contribution is -0.104. The fraction of sp³-hybridized carbons (Fsp3) is 0.100. The number of ether oxygens (including phenoxy) is 1. The van der Waals surface area contributed by atoms with E-state index < -0.39 is 0 Å². The SMILES string of the molecule is COc1ccc(/C(Cl)=C/C=O)cc1. The van der Waals surface area contributed by atoms with Crippen LogP contribution in [0.1, 0.15) is 5.56 Å². The van der Waals surface area contributed by atoms with Gasteiger partial charge >= 0.3 is 0 Å². The Bertz CT molecular complexity index is 314. The van der Waals surface area contributed by atoms with E-state index in [-0.39, 0.29) is 0 Å². The van der Waals surface area contributed by atoms with Gasteiger partial charge in [-0.1, -0.05) is 11.6 Å². The lowest BCUT2D eigenvalue weighted by Crippen LogP contribution is -1.83. The lowest BCUT2D eigenvalue weighted by Gasteiger charge is -2.00. The second-order valence-corrected chi connectivity index (χ2v) is 2.79. The molecule has 0 N–H and O–H groups in total. The average molecular weight is 197 g/mol. The van der Waals surface area contributed by atoms with E-state index in [4.69, 9.17) is 16.3 Å². The summed E-state index contributed by atoms with van der Waals surface area (Å²) in [4.78, 5) is 10.1. The zero-order chi connectivity index (χ0) is 9.68. The van der Waals surface area contributed by atoms with Gasteiger partial charge in [0.1, 0.15) is 12.0 Å². The molecule has 0 fully saturated rings. The number of halogens is 1. The molecular weight excluding hydrogens is 188 g/mol. The van der Waals surface area contributed by atoms with Crippen molar-refractivity contribution in [3.05, 3.63) is 35.9 Å². The summed E-state index contributed by atoms with van der Waals surface area (Å²) in [5.41, 5.74) is 0.801. The maximum Gasteiger partial charge on any atom is 0.144 e. The number of hydrogen-bond acceptors (Lipinski definition) is 2. The van der Waals surface area contributed by atoms with Crippen molar-refractivity contribution in [3.8, 4) is 5.75 Å². The molecule has 0 saturated heterocycles. The molecule has 0 bridgehead atoms. The van der Waals surface area contributed by atoms with Crippen molar-refractivity contribution in [1.82, 2.24) is 0 Å². The molecule has 0 radical (unpaired) electrons. The van der Waals surface area contributed by atoms with Crippen LogP contribution in [0.15, 0.2) is 30.3 Å². The van der Waals surface area contributed by atoms with Crippen molar-refractivity contribution >= 4 is 22.9 Å². The van der Waals surface area contributed by atoms with E-state index in [0.717, 1.165) is 11.3 Å². The molecule has 0 aliphatic heterocycles. The normalized spacial score (nSPS) is 11.1. The number of aldehydes is 1. The second kappa shape index (κ2) is 4.67. The molecule has 0 spiro atoms. The molecule has 2 nitrogen and oxygen atoms in total. The molecule has 0 heterocycles. The van der Waals surface area contributed by atoms with E-state index in [9.17, 15) is 4.79 Å². The fourth-order valence-corrected chi connectivity index (χ4v) is 1.08. The van der Waals surface area contributed by atoms with E-state index in [2.05, 4.69) is 0 Å². The quantitative estimate of drug-likeness (QED) is 0.549. The molecule has 1 aromatic carbocycles. The molecule has 0 amide bonds. The summed E-state index contributed by atoms with van der Waals surface area (Å²) in [5, 5.41) is 0.428. The predicted molar refractivity (Wildman–Crippen MR) is 52.9 cm³/mol. The van der Waals surface area contributed by atoms with Gasteiger partial charge in [0.25, 0.3) is 0 Å². The molecule has 1 aromatic rings. The predicted octanol–water partition coefficient (Wildman–Crippen LogP) is 2.47. The second-order valence-electron chi connectivity index (χ2n) is 2.38. The van der Waals surface area contributed by atoms with Crippen molar-refractivity contribution < 1.29 is 9.53 Å². The summed E-state index contributed by atoms with van der Waals surface area (Å²) in [6, 6.07) is 7.16. The average Bonchev–Trinajstić information content (AvgIpc) is 2.18. The highest BCUT2D eigenvalue weighted by atomic mass is 35.5. The van der Waals surface area contributed by atoms with Gasteiger partial charge in [0, 0.05) is 0 Å². The van der Waals surface area contributed by atoms with Crippen LogP contribution in [0.2, 0.25) is 0 Å². The van der Waals surface area contributed by atoms with Gasteiger partial charge in [-0.3, -0.25) is 4.79 Å². The number of methoxy groups -OCH3 is 1. The summed E-state index contributed by atoms with van der Waals surface area (Å²) >= 11 is 5.79. The zero-order valence-electron chi connectivity index (χ0n) is 7.16. The highest BCUT2D eigenvalue weighted by molar-refractivity contribution is 6.49. The molecule has 0 saturated carbocycles. The van der Waals surface area contributed by atoms with Gasteiger partial charge in [-0.05, 0) is 35.9 Å². The minimum absolute atomic E-state index is 0.428. The minimum Gasteiger partial charge on any atom is -0.497 e. The Balaban J connectivity index is 2.91. The summed E-state index contributed by atoms with van der Waals surface area (Å²) in [7, 11) is 1.60. The van der Waals surface area contributed by atoms with Crippen molar-refractivity contribution in [1.29, 1.82) is 0 Å². The molecule has 3 heteroatoms. The molecule has 0 atom stereocenters. The zero-order valence-corrected chi connectivity index (χ0v) is 7.91. The highest BCUT2D eigenvalue weighted by Crippen LogP contribution is 2.20. The van der Waals surface area contributed by atoms with Gasteiger partial charge in [0.05, 0.1) is 12.1 Å². The van der Waals surface area contributed by atoms with Gasteiger partial charge < -0.3 is 4.74 Å². The van der Waals surface area contributed by atoms with Gasteiger partial charge in [0.15, 0.2) is 0 Å². The summed E-state index contributed by atoms with van der Waals surface area (Å²) in [5.74, 6) is 0.763. The minimum atomic E-state index is 0.428. The van der Waals surface area contributed by atoms with Crippen molar-refractivity contribution in [2.24, 2.45) is 0 Å². The number of carbonyl (C=O) groups is 1. The van der Waals surface area contributed by atoms with Crippen LogP contribution in [0.5, 0.6) is 5.75 Å². The third-order valence-corrected chi connectivity index (χ3v) is 1.92. The van der Waals surface area contributed by atoms with Gasteiger partial charge in [-0.2, -0.15) is 0 Å². The van der Waals surface area contributed by atoms with Crippen LogP contribution in [0.25, 0.3) is 5.03 Å². The third-order valence-electron chi connectivity index (χ3n) is 1.58. The van der Waals surface area contributed by atoms with Crippen LogP contribution in [0, 0.1) is 0 Å². The fourth-order valence-electron chi connectivity index (χ4n) is 0.906. The molecule has 0 aromatic heterocycles. The van der Waals surface area contributed by atoms with Crippen LogP contribution in [0.3, 0.4) is 0 Å². The molecule has 13 heavy (non-hydrogen) atoms. The first kappa shape index (κ1) is 9.81. The van der Waals surface area contributed by atoms with Crippen LogP contribution in [-0.2, 0) is 4.79 Å². The molecule has 0 aliphatic carbocycles. The maximum absolute atomic E-state index is 10.1. The van der Waals surface area contributed by atoms with E-state index in [1.807, 2.05) is 0 Å². The smallest absolute Gasteiger partial charge is 0.144 e. The molecule has 1 rings (SSSR count). The van der Waals surface area contributed by atoms with E-state index in [1.54, 1.807) is 31.4 Å². The van der Waals surface area contributed by atoms with Crippen molar-refractivity contribution in [3.63, 3.8) is 0 Å². The molecular formula is C10H9ClO2. The van der Waals surface area contributed by atoms with Crippen LogP contribution in [-0.4, -0.2) is 13.4 Å². The Morgan fingerprint density at radius 2 is 2.00 bits per heavy atom. The summed E-state index contributed by atoms with van der Waals surface area (Å²) in [6.45, 7) is 0. The van der Waals surface area contributed by atoms with Gasteiger partial charge in [-0.25, -0.2) is 0 Å². The van der Waals surface area contributed by atoms with Gasteiger partial charge in [0.2, 0.25) is 0 Å². The Morgan fingerprint density at radius 3 is 2.46 bits per heavy atom. The molecule has 0 unspecified atom stereocenters. The van der Waals surface area contributed by atoms with Crippen LogP contribution >= 0.6 is 11.6 Å². The van der Waals surface area contributed by atoms with Crippen molar-refractivity contribution in [2.75, 3.05) is 7.11 Å². The highest BCUT2D eigenvalue weighted by Gasteiger charge is 1.97. The lowest BCUT2D eigenvalue weighted by atomic mass is 10.2. The molecule has 68 valence electrons. The topological polar surface area (TPSA) is 26.3 Å². The first-order valence-corrected chi connectivity index (χ1v) is 4.11. The summed E-state index contributed by atoms with van der Waals surface area (Å²) in [6.07, 6.45) is 1.97. The van der Waals surface area contributed by atoms with Crippen LogP contribution < -0.4 is 4.74 Å². The Kier molecular flexibility index (Phi) is 3.53. The Morgan fingerprint density at radius 1 is 1.38 bits per heavy atom. The Labute approximate surface area is 81.8 Å². The first-order chi connectivity index (χ1) is 6.27. The number of hydrogen-bond donors (Lipinski definition) is 0. The maximum atomic E-state index is 10.1. The largest absolute Gasteiger partial charge is 0.497 e. The number of benzene rings is 1. The third kappa shape index (κ3) is 2.60. The standard InChI is InChI=1S/C10H9ClO2/c1-13-9-4-2-8(3-5-9)10(11)6-7-12/h2-7H,1H3/b10-6-. The van der Waals surface area contributed by atoms with Crippen molar-refractivity contribution in [2.45, 2.75) is 0 Å². The van der Waals surface area contributed by atoms with E-state index in [1.165, 1.54) is 6.08 Å². The first-order valence-electron chi connectivity index (χ1n) is 3.73. The number of allylic oxidation sites excluding steroid dienone is 1. The Hall–Kier alpha value is -1.28. The van der Waals surface area contributed by atoms with E-state index >= 15 is 0 Å². The van der Waals surface area contributed by atoms with E-state index in [0.29, 0.717) is 11.3 Å². The monoisotopic (exact) mass is 196 g/mol.